The molecule has 0 aromatic heterocycles. The molecule has 0 aliphatic heterocycles. The first kappa shape index (κ1) is 37.9. The van der Waals surface area contributed by atoms with Crippen molar-refractivity contribution in [3.8, 4) is 22.3 Å². The number of benzene rings is 3. The van der Waals surface area contributed by atoms with E-state index in [1.807, 2.05) is 0 Å². The van der Waals surface area contributed by atoms with Crippen molar-refractivity contribution in [2.24, 2.45) is 11.8 Å². The predicted octanol–water partition coefficient (Wildman–Crippen LogP) is 8.01. The fraction of sp³-hybridized carbons (Fsp3) is 0.561. The molecular formula is C41H65N5. The van der Waals surface area contributed by atoms with Crippen molar-refractivity contribution in [3.63, 3.8) is 0 Å². The summed E-state index contributed by atoms with van der Waals surface area (Å²) in [4.78, 5) is 0. The zero-order chi connectivity index (χ0) is 32.7. The molecule has 0 radical (unpaired) electrons. The van der Waals surface area contributed by atoms with Crippen LogP contribution in [0.4, 0.5) is 0 Å². The van der Waals surface area contributed by atoms with Crippen LogP contribution in [0.2, 0.25) is 0 Å². The molecule has 0 atom stereocenters. The molecule has 0 amide bonds. The maximum atomic E-state index is 3.65. The Bertz CT molecular complexity index is 1100. The molecule has 0 unspecified atom stereocenters. The van der Waals surface area contributed by atoms with E-state index in [4.69, 9.17) is 0 Å². The largest absolute Gasteiger partial charge is 0.317 e. The second-order valence-electron chi connectivity index (χ2n) is 13.7. The molecule has 0 saturated heterocycles. The molecule has 3 aromatic carbocycles. The van der Waals surface area contributed by atoms with E-state index >= 15 is 0 Å². The van der Waals surface area contributed by atoms with Gasteiger partial charge in [0.1, 0.15) is 0 Å². The van der Waals surface area contributed by atoms with E-state index in [1.165, 1.54) is 65.5 Å². The van der Waals surface area contributed by atoms with Gasteiger partial charge in [-0.3, -0.25) is 0 Å². The van der Waals surface area contributed by atoms with Crippen LogP contribution in [0.3, 0.4) is 0 Å². The van der Waals surface area contributed by atoms with Gasteiger partial charge < -0.3 is 26.6 Å². The Labute approximate surface area is 282 Å². The molecule has 254 valence electrons. The standard InChI is InChI=1S/C41H65N5/c1-34(2)15-6-5-9-22-42-23-13-27-45-32-36-16-10-18-38(29-36)40-20-7-8-21-41(40)39-19-11-17-37(30-39)33-46-28-14-25-43-24-12-26-44-31-35(3)4/h7-8,10-11,16-21,29-30,34-35,42-46H,5-6,9,12-15,22-28,31-33H2,1-4H3. The lowest BCUT2D eigenvalue weighted by Crippen LogP contribution is -2.26. The summed E-state index contributed by atoms with van der Waals surface area (Å²) in [5.74, 6) is 1.56. The first-order valence-electron chi connectivity index (χ1n) is 18.3. The van der Waals surface area contributed by atoms with Gasteiger partial charge in [-0.2, -0.15) is 0 Å². The van der Waals surface area contributed by atoms with Crippen molar-refractivity contribution in [1.29, 1.82) is 0 Å². The first-order chi connectivity index (χ1) is 22.5. The van der Waals surface area contributed by atoms with Crippen LogP contribution >= 0.6 is 0 Å². The summed E-state index contributed by atoms with van der Waals surface area (Å²) in [6.45, 7) is 19.6. The van der Waals surface area contributed by atoms with Crippen LogP contribution in [-0.2, 0) is 13.1 Å². The van der Waals surface area contributed by atoms with Crippen LogP contribution in [0.1, 0.15) is 83.8 Å². The minimum atomic E-state index is 0.723. The lowest BCUT2D eigenvalue weighted by Gasteiger charge is -2.13. The number of rotatable bonds is 26. The quantitative estimate of drug-likeness (QED) is 0.0584. The van der Waals surface area contributed by atoms with E-state index in [1.54, 1.807) is 0 Å². The van der Waals surface area contributed by atoms with Gasteiger partial charge in [0, 0.05) is 13.1 Å². The molecule has 0 heterocycles. The van der Waals surface area contributed by atoms with Gasteiger partial charge in [0.05, 0.1) is 0 Å². The molecule has 0 bridgehead atoms. The van der Waals surface area contributed by atoms with Gasteiger partial charge in [0.25, 0.3) is 0 Å². The van der Waals surface area contributed by atoms with Crippen LogP contribution in [0, 0.1) is 11.8 Å². The third-order valence-corrected chi connectivity index (χ3v) is 8.37. The van der Waals surface area contributed by atoms with E-state index in [0.717, 1.165) is 90.1 Å². The molecule has 5 N–H and O–H groups in total. The van der Waals surface area contributed by atoms with Crippen molar-refractivity contribution >= 4 is 0 Å². The number of hydrogen-bond acceptors (Lipinski definition) is 5. The molecule has 0 saturated carbocycles. The molecule has 0 spiro atoms. The summed E-state index contributed by atoms with van der Waals surface area (Å²) in [6, 6.07) is 26.9. The highest BCUT2D eigenvalue weighted by atomic mass is 14.9. The summed E-state index contributed by atoms with van der Waals surface area (Å²) >= 11 is 0. The Hall–Kier alpha value is -2.54. The topological polar surface area (TPSA) is 60.1 Å². The highest BCUT2D eigenvalue weighted by molar-refractivity contribution is 5.83. The van der Waals surface area contributed by atoms with Gasteiger partial charge in [-0.05, 0) is 135 Å². The second kappa shape index (κ2) is 23.7. The van der Waals surface area contributed by atoms with Crippen molar-refractivity contribution in [3.05, 3.63) is 83.9 Å². The number of unbranched alkanes of at least 4 members (excludes halogenated alkanes) is 2. The van der Waals surface area contributed by atoms with E-state index in [0.29, 0.717) is 0 Å². The van der Waals surface area contributed by atoms with Crippen molar-refractivity contribution in [2.75, 3.05) is 52.4 Å². The molecule has 0 aliphatic rings. The van der Waals surface area contributed by atoms with Crippen LogP contribution in [0.25, 0.3) is 22.3 Å². The van der Waals surface area contributed by atoms with E-state index in [-0.39, 0.29) is 0 Å². The fourth-order valence-electron chi connectivity index (χ4n) is 5.78. The summed E-state index contributed by atoms with van der Waals surface area (Å²) in [6.07, 6.45) is 8.86. The average Bonchev–Trinajstić information content (AvgIpc) is 3.06. The van der Waals surface area contributed by atoms with Crippen LogP contribution < -0.4 is 26.6 Å². The normalized spacial score (nSPS) is 11.6. The predicted molar refractivity (Wildman–Crippen MR) is 201 cm³/mol. The minimum absolute atomic E-state index is 0.723. The first-order valence-corrected chi connectivity index (χ1v) is 18.3. The van der Waals surface area contributed by atoms with Crippen molar-refractivity contribution in [1.82, 2.24) is 26.6 Å². The maximum absolute atomic E-state index is 3.65. The third kappa shape index (κ3) is 16.3. The summed E-state index contributed by atoms with van der Waals surface area (Å²) < 4.78 is 0. The Morgan fingerprint density at radius 1 is 0.435 bits per heavy atom. The van der Waals surface area contributed by atoms with Gasteiger partial charge >= 0.3 is 0 Å². The summed E-state index contributed by atoms with van der Waals surface area (Å²) in [5.41, 5.74) is 7.80. The molecule has 3 rings (SSSR count). The Balaban J connectivity index is 1.39. The maximum Gasteiger partial charge on any atom is 0.0205 e. The van der Waals surface area contributed by atoms with E-state index in [2.05, 4.69) is 127 Å². The van der Waals surface area contributed by atoms with Crippen molar-refractivity contribution < 1.29 is 0 Å². The Morgan fingerprint density at radius 3 is 1.41 bits per heavy atom. The highest BCUT2D eigenvalue weighted by Gasteiger charge is 2.09. The lowest BCUT2D eigenvalue weighted by atomic mass is 9.93. The van der Waals surface area contributed by atoms with Crippen LogP contribution in [0.15, 0.2) is 72.8 Å². The van der Waals surface area contributed by atoms with Crippen LogP contribution in [-0.4, -0.2) is 52.4 Å². The minimum Gasteiger partial charge on any atom is -0.317 e. The van der Waals surface area contributed by atoms with Gasteiger partial charge in [0.2, 0.25) is 0 Å². The molecular weight excluding hydrogens is 562 g/mol. The molecule has 3 aromatic rings. The van der Waals surface area contributed by atoms with E-state index in [9.17, 15) is 0 Å². The zero-order valence-electron chi connectivity index (χ0n) is 29.6. The Kier molecular flexibility index (Phi) is 19.6. The van der Waals surface area contributed by atoms with Crippen LogP contribution in [0.5, 0.6) is 0 Å². The van der Waals surface area contributed by atoms with Crippen molar-refractivity contribution in [2.45, 2.75) is 85.7 Å². The zero-order valence-corrected chi connectivity index (χ0v) is 29.6. The molecule has 0 fully saturated rings. The number of nitrogens with one attached hydrogen (secondary N) is 5. The molecule has 0 aliphatic carbocycles. The van der Waals surface area contributed by atoms with Gasteiger partial charge in [0.15, 0.2) is 0 Å². The monoisotopic (exact) mass is 628 g/mol. The molecule has 46 heavy (non-hydrogen) atoms. The Morgan fingerprint density at radius 2 is 0.913 bits per heavy atom. The summed E-state index contributed by atoms with van der Waals surface area (Å²) in [7, 11) is 0. The smallest absolute Gasteiger partial charge is 0.0205 e. The SMILES string of the molecule is CC(C)CCCCCNCCCNCc1cccc(-c2ccccc2-c2cccc(CNCCCNCCCNCC(C)C)c2)c1. The lowest BCUT2D eigenvalue weighted by molar-refractivity contribution is 0.511. The average molecular weight is 628 g/mol. The van der Waals surface area contributed by atoms with Gasteiger partial charge in [-0.1, -0.05) is 108 Å². The van der Waals surface area contributed by atoms with Gasteiger partial charge in [-0.15, -0.1) is 0 Å². The molecule has 5 heteroatoms. The summed E-state index contributed by atoms with van der Waals surface area (Å²) in [5, 5.41) is 18.0. The van der Waals surface area contributed by atoms with Gasteiger partial charge in [-0.25, -0.2) is 0 Å². The highest BCUT2D eigenvalue weighted by Crippen LogP contribution is 2.32. The van der Waals surface area contributed by atoms with E-state index < -0.39 is 0 Å². The second-order valence-corrected chi connectivity index (χ2v) is 13.7. The fourth-order valence-corrected chi connectivity index (χ4v) is 5.78. The third-order valence-electron chi connectivity index (χ3n) is 8.37. The number of hydrogen-bond donors (Lipinski definition) is 5. The molecule has 5 nitrogen and oxygen atoms in total.